The Hall–Kier alpha value is -3.26. The molecule has 1 aliphatic heterocycles. The summed E-state index contributed by atoms with van der Waals surface area (Å²) >= 11 is 0. The summed E-state index contributed by atoms with van der Waals surface area (Å²) in [6.45, 7) is 6.76. The molecule has 1 heterocycles. The van der Waals surface area contributed by atoms with Crippen LogP contribution in [0.25, 0.3) is 0 Å². The molecule has 7 atom stereocenters. The minimum atomic E-state index is -1.50. The highest BCUT2D eigenvalue weighted by Crippen LogP contribution is 2.31. The molecule has 0 saturated carbocycles. The zero-order chi connectivity index (χ0) is 28.3. The quantitative estimate of drug-likeness (QED) is 0.248. The lowest BCUT2D eigenvalue weighted by atomic mass is 9.97. The summed E-state index contributed by atoms with van der Waals surface area (Å²) in [6, 6.07) is 0. The first-order chi connectivity index (χ1) is 17.2. The molecule has 0 aromatic heterocycles. The van der Waals surface area contributed by atoms with Gasteiger partial charge < -0.3 is 37.9 Å². The smallest absolute Gasteiger partial charge is 0.308 e. The molecule has 0 aromatic rings. The van der Waals surface area contributed by atoms with Crippen LogP contribution in [0.2, 0.25) is 0 Å². The lowest BCUT2D eigenvalue weighted by molar-refractivity contribution is -0.318. The number of ether oxygens (including phenoxy) is 8. The fraction of sp³-hybridized carbons (Fsp3) is 0.739. The normalized spacial score (nSPS) is 24.6. The maximum atomic E-state index is 12.0. The number of carbonyl (C=O) groups is 6. The van der Waals surface area contributed by atoms with Gasteiger partial charge in [-0.3, -0.25) is 28.8 Å². The van der Waals surface area contributed by atoms with E-state index in [0.717, 1.165) is 27.7 Å². The van der Waals surface area contributed by atoms with E-state index in [1.165, 1.54) is 14.0 Å². The van der Waals surface area contributed by atoms with Gasteiger partial charge in [0.25, 0.3) is 0 Å². The molecule has 37 heavy (non-hydrogen) atoms. The van der Waals surface area contributed by atoms with E-state index in [0.29, 0.717) is 0 Å². The number of hydrogen-bond donors (Lipinski definition) is 0. The van der Waals surface area contributed by atoms with Crippen LogP contribution in [0.4, 0.5) is 0 Å². The summed E-state index contributed by atoms with van der Waals surface area (Å²) in [5.41, 5.74) is 0. The summed E-state index contributed by atoms with van der Waals surface area (Å²) in [5.74, 6) is -4.29. The van der Waals surface area contributed by atoms with Crippen LogP contribution in [0.5, 0.6) is 0 Å². The second-order valence-electron chi connectivity index (χ2n) is 8.26. The minimum Gasteiger partial charge on any atom is -0.469 e. The zero-order valence-electron chi connectivity index (χ0n) is 21.9. The molecule has 0 radical (unpaired) electrons. The van der Waals surface area contributed by atoms with Gasteiger partial charge in [0.2, 0.25) is 0 Å². The maximum absolute atomic E-state index is 12.0. The van der Waals surface area contributed by atoms with Gasteiger partial charge in [0.1, 0.15) is 18.8 Å². The van der Waals surface area contributed by atoms with E-state index in [1.54, 1.807) is 6.92 Å². The zero-order valence-corrected chi connectivity index (χ0v) is 21.9. The number of esters is 6. The summed E-state index contributed by atoms with van der Waals surface area (Å²) in [6.07, 6.45) is -8.99. The molecule has 0 aromatic carbocycles. The molecular weight excluding hydrogens is 500 g/mol. The van der Waals surface area contributed by atoms with Crippen LogP contribution < -0.4 is 0 Å². The van der Waals surface area contributed by atoms with E-state index in [-0.39, 0.29) is 12.8 Å². The molecule has 1 saturated heterocycles. The van der Waals surface area contributed by atoms with Crippen molar-refractivity contribution >= 4 is 35.8 Å². The highest BCUT2D eigenvalue weighted by molar-refractivity contribution is 5.70. The average Bonchev–Trinajstić information content (AvgIpc) is 2.74. The van der Waals surface area contributed by atoms with Crippen molar-refractivity contribution in [1.82, 2.24) is 0 Å². The Kier molecular flexibility index (Phi) is 13.0. The number of carbonyl (C=O) groups excluding carboxylic acids is 6. The highest BCUT2D eigenvalue weighted by atomic mass is 16.7. The first-order valence-electron chi connectivity index (χ1n) is 11.4. The van der Waals surface area contributed by atoms with Gasteiger partial charge in [0.05, 0.1) is 19.6 Å². The van der Waals surface area contributed by atoms with Crippen LogP contribution in [-0.2, 0) is 66.7 Å². The molecule has 210 valence electrons. The van der Waals surface area contributed by atoms with Crippen LogP contribution in [0.15, 0.2) is 0 Å². The van der Waals surface area contributed by atoms with E-state index in [4.69, 9.17) is 37.9 Å². The third-order valence-corrected chi connectivity index (χ3v) is 4.86. The second kappa shape index (κ2) is 15.1. The van der Waals surface area contributed by atoms with Gasteiger partial charge in [-0.1, -0.05) is 0 Å². The fourth-order valence-corrected chi connectivity index (χ4v) is 3.65. The molecule has 14 nitrogen and oxygen atoms in total. The molecule has 0 amide bonds. The van der Waals surface area contributed by atoms with Gasteiger partial charge in [0, 0.05) is 41.0 Å². The molecule has 1 aliphatic rings. The Labute approximate surface area is 214 Å². The van der Waals surface area contributed by atoms with Crippen molar-refractivity contribution in [2.45, 2.75) is 97.3 Å². The van der Waals surface area contributed by atoms with Gasteiger partial charge >= 0.3 is 35.8 Å². The van der Waals surface area contributed by atoms with Gasteiger partial charge in [0.15, 0.2) is 24.6 Å². The van der Waals surface area contributed by atoms with Gasteiger partial charge in [-0.2, -0.15) is 0 Å². The Morgan fingerprint density at radius 2 is 1.30 bits per heavy atom. The Morgan fingerprint density at radius 1 is 0.757 bits per heavy atom. The van der Waals surface area contributed by atoms with E-state index >= 15 is 0 Å². The predicted octanol–water partition coefficient (Wildman–Crippen LogP) is 0.360. The molecule has 0 aliphatic carbocycles. The Morgan fingerprint density at radius 3 is 1.78 bits per heavy atom. The maximum Gasteiger partial charge on any atom is 0.308 e. The predicted molar refractivity (Wildman–Crippen MR) is 119 cm³/mol. The van der Waals surface area contributed by atoms with Crippen molar-refractivity contribution in [3.63, 3.8) is 0 Å². The molecule has 1 rings (SSSR count). The van der Waals surface area contributed by atoms with Crippen molar-refractivity contribution in [1.29, 1.82) is 0 Å². The van der Waals surface area contributed by atoms with Crippen molar-refractivity contribution in [2.24, 2.45) is 0 Å². The van der Waals surface area contributed by atoms with E-state index in [9.17, 15) is 28.8 Å². The van der Waals surface area contributed by atoms with Crippen LogP contribution in [-0.4, -0.2) is 92.4 Å². The van der Waals surface area contributed by atoms with Gasteiger partial charge in [-0.05, 0) is 6.92 Å². The van der Waals surface area contributed by atoms with E-state index in [2.05, 4.69) is 0 Å². The molecular formula is C23H34O14. The SMILES string of the molecule is COC(=O)CC(CC(C)OC(C)=O)OC1OC(COC(C)=O)C(OC(C)=O)C(OC(C)=O)C1OC(C)=O. The summed E-state index contributed by atoms with van der Waals surface area (Å²) < 4.78 is 42.7. The Bertz CT molecular complexity index is 839. The summed E-state index contributed by atoms with van der Waals surface area (Å²) in [7, 11) is 1.17. The molecule has 14 heteroatoms. The largest absolute Gasteiger partial charge is 0.469 e. The molecule has 1 fully saturated rings. The summed E-state index contributed by atoms with van der Waals surface area (Å²) in [5, 5.41) is 0. The first-order valence-corrected chi connectivity index (χ1v) is 11.4. The molecule has 0 spiro atoms. The Balaban J connectivity index is 3.43. The molecule has 7 unspecified atom stereocenters. The van der Waals surface area contributed by atoms with Crippen LogP contribution in [0, 0.1) is 0 Å². The lowest BCUT2D eigenvalue weighted by Crippen LogP contribution is -2.63. The summed E-state index contributed by atoms with van der Waals surface area (Å²) in [4.78, 5) is 70.5. The third kappa shape index (κ3) is 11.6. The molecule has 0 bridgehead atoms. The van der Waals surface area contributed by atoms with Crippen LogP contribution in [0.1, 0.15) is 54.4 Å². The van der Waals surface area contributed by atoms with E-state index in [1.807, 2.05) is 0 Å². The lowest BCUT2D eigenvalue weighted by Gasteiger charge is -2.44. The molecule has 0 N–H and O–H groups in total. The third-order valence-electron chi connectivity index (χ3n) is 4.86. The fourth-order valence-electron chi connectivity index (χ4n) is 3.65. The van der Waals surface area contributed by atoms with Crippen molar-refractivity contribution in [3.8, 4) is 0 Å². The van der Waals surface area contributed by atoms with Crippen LogP contribution in [0.3, 0.4) is 0 Å². The average molecular weight is 535 g/mol. The van der Waals surface area contributed by atoms with Gasteiger partial charge in [-0.15, -0.1) is 0 Å². The highest BCUT2D eigenvalue weighted by Gasteiger charge is 2.53. The standard InChI is InChI=1S/C23H34O14/c1-11(32-13(3)25)8-17(9-19(29)30-7)36-23-22(35-16(6)28)21(34-15(5)27)20(33-14(4)26)18(37-23)10-31-12(2)24/h11,17-18,20-23H,8-10H2,1-7H3. The van der Waals surface area contributed by atoms with Crippen molar-refractivity contribution < 1.29 is 66.7 Å². The first kappa shape index (κ1) is 31.8. The topological polar surface area (TPSA) is 176 Å². The van der Waals surface area contributed by atoms with Crippen molar-refractivity contribution in [2.75, 3.05) is 13.7 Å². The van der Waals surface area contributed by atoms with Crippen LogP contribution >= 0.6 is 0 Å². The van der Waals surface area contributed by atoms with Crippen molar-refractivity contribution in [3.05, 3.63) is 0 Å². The number of methoxy groups -OCH3 is 1. The second-order valence-corrected chi connectivity index (χ2v) is 8.26. The minimum absolute atomic E-state index is 0.00154. The van der Waals surface area contributed by atoms with E-state index < -0.39 is 85.3 Å². The number of rotatable bonds is 12. The monoisotopic (exact) mass is 534 g/mol. The number of hydrogen-bond acceptors (Lipinski definition) is 14. The van der Waals surface area contributed by atoms with Gasteiger partial charge in [-0.25, -0.2) is 0 Å².